The summed E-state index contributed by atoms with van der Waals surface area (Å²) in [4.78, 5) is 9.18. The fraction of sp³-hybridized carbons (Fsp3) is 0.389. The third-order valence-corrected chi connectivity index (χ3v) is 4.07. The quantitative estimate of drug-likeness (QED) is 0.434. The molecule has 7 heteroatoms. The van der Waals surface area contributed by atoms with Crippen molar-refractivity contribution in [2.75, 3.05) is 37.6 Å². The van der Waals surface area contributed by atoms with Crippen LogP contribution in [0.3, 0.4) is 0 Å². The van der Waals surface area contributed by atoms with Crippen molar-refractivity contribution >= 4 is 35.6 Å². The van der Waals surface area contributed by atoms with Gasteiger partial charge in [0.2, 0.25) is 0 Å². The highest BCUT2D eigenvalue weighted by Gasteiger charge is 2.19. The molecule has 1 fully saturated rings. The zero-order chi connectivity index (χ0) is 16.8. The molecular weight excluding hydrogens is 434 g/mol. The van der Waals surface area contributed by atoms with Gasteiger partial charge in [0.1, 0.15) is 18.1 Å². The monoisotopic (exact) mass is 458 g/mol. The summed E-state index contributed by atoms with van der Waals surface area (Å²) in [5.41, 5.74) is 1.06. The minimum Gasteiger partial charge on any atom is -0.467 e. The lowest BCUT2D eigenvalue weighted by Crippen LogP contribution is -2.52. The van der Waals surface area contributed by atoms with Gasteiger partial charge in [-0.25, -0.2) is 9.38 Å². The molecule has 0 amide bonds. The van der Waals surface area contributed by atoms with Gasteiger partial charge < -0.3 is 19.5 Å². The van der Waals surface area contributed by atoms with Crippen molar-refractivity contribution in [3.63, 3.8) is 0 Å². The van der Waals surface area contributed by atoms with Gasteiger partial charge in [0.05, 0.1) is 6.26 Å². The van der Waals surface area contributed by atoms with Crippen LogP contribution in [0.25, 0.3) is 0 Å². The summed E-state index contributed by atoms with van der Waals surface area (Å²) in [5.74, 6) is 1.57. The van der Waals surface area contributed by atoms with Gasteiger partial charge in [-0.15, -0.1) is 24.0 Å². The first-order valence-electron chi connectivity index (χ1n) is 8.32. The molecule has 5 nitrogen and oxygen atoms in total. The number of aliphatic imine (C=N–C) groups is 1. The van der Waals surface area contributed by atoms with Gasteiger partial charge in [-0.05, 0) is 43.3 Å². The van der Waals surface area contributed by atoms with Crippen LogP contribution in [0.2, 0.25) is 0 Å². The van der Waals surface area contributed by atoms with Gasteiger partial charge in [0.25, 0.3) is 0 Å². The average molecular weight is 458 g/mol. The van der Waals surface area contributed by atoms with E-state index in [9.17, 15) is 4.39 Å². The zero-order valence-corrected chi connectivity index (χ0v) is 16.7. The number of piperazine rings is 1. The molecule has 1 aliphatic rings. The van der Waals surface area contributed by atoms with Crippen molar-refractivity contribution in [2.45, 2.75) is 13.5 Å². The van der Waals surface area contributed by atoms with E-state index in [0.717, 1.165) is 50.1 Å². The Balaban J connectivity index is 0.00000225. The highest BCUT2D eigenvalue weighted by Crippen LogP contribution is 2.17. The number of anilines is 1. The molecule has 25 heavy (non-hydrogen) atoms. The van der Waals surface area contributed by atoms with Crippen LogP contribution in [0.4, 0.5) is 10.1 Å². The SMILES string of the molecule is CCNC(=NCc1ccco1)N1CCN(c2ccc(F)cc2)CC1.I. The summed E-state index contributed by atoms with van der Waals surface area (Å²) in [6, 6.07) is 10.5. The number of halogens is 2. The van der Waals surface area contributed by atoms with Crippen LogP contribution in [-0.4, -0.2) is 43.6 Å². The summed E-state index contributed by atoms with van der Waals surface area (Å²) in [6.07, 6.45) is 1.67. The summed E-state index contributed by atoms with van der Waals surface area (Å²) in [5, 5.41) is 3.34. The topological polar surface area (TPSA) is 44.0 Å². The lowest BCUT2D eigenvalue weighted by Gasteiger charge is -2.37. The molecule has 3 rings (SSSR count). The number of benzene rings is 1. The number of nitrogens with zero attached hydrogens (tertiary/aromatic N) is 3. The van der Waals surface area contributed by atoms with E-state index in [-0.39, 0.29) is 29.8 Å². The molecule has 1 N–H and O–H groups in total. The Morgan fingerprint density at radius 1 is 1.16 bits per heavy atom. The Bertz CT molecular complexity index is 652. The van der Waals surface area contributed by atoms with E-state index in [1.165, 1.54) is 12.1 Å². The molecule has 0 radical (unpaired) electrons. The molecule has 2 aromatic rings. The van der Waals surface area contributed by atoms with Crippen LogP contribution in [0.5, 0.6) is 0 Å². The summed E-state index contributed by atoms with van der Waals surface area (Å²) < 4.78 is 18.4. The number of furan rings is 1. The van der Waals surface area contributed by atoms with Crippen molar-refractivity contribution in [3.05, 3.63) is 54.2 Å². The van der Waals surface area contributed by atoms with E-state index < -0.39 is 0 Å². The maximum atomic E-state index is 13.0. The molecule has 0 atom stereocenters. The number of hydrogen-bond donors (Lipinski definition) is 1. The van der Waals surface area contributed by atoms with Crippen LogP contribution in [0.15, 0.2) is 52.1 Å². The second kappa shape index (κ2) is 9.65. The van der Waals surface area contributed by atoms with Crippen molar-refractivity contribution in [1.82, 2.24) is 10.2 Å². The number of rotatable bonds is 4. The fourth-order valence-electron chi connectivity index (χ4n) is 2.81. The summed E-state index contributed by atoms with van der Waals surface area (Å²) >= 11 is 0. The van der Waals surface area contributed by atoms with E-state index in [0.29, 0.717) is 6.54 Å². The Labute approximate surface area is 164 Å². The number of guanidine groups is 1. The molecule has 1 aromatic carbocycles. The van der Waals surface area contributed by atoms with Crippen LogP contribution in [-0.2, 0) is 6.54 Å². The van der Waals surface area contributed by atoms with Gasteiger partial charge in [0.15, 0.2) is 5.96 Å². The van der Waals surface area contributed by atoms with E-state index in [1.807, 2.05) is 24.3 Å². The standard InChI is InChI=1S/C18H23FN4O.HI/c1-2-20-18(21-14-17-4-3-13-24-17)23-11-9-22(10-12-23)16-7-5-15(19)6-8-16;/h3-8,13H,2,9-12,14H2,1H3,(H,20,21);1H. The van der Waals surface area contributed by atoms with E-state index in [1.54, 1.807) is 6.26 Å². The van der Waals surface area contributed by atoms with Gasteiger partial charge in [-0.2, -0.15) is 0 Å². The zero-order valence-electron chi connectivity index (χ0n) is 14.3. The van der Waals surface area contributed by atoms with Gasteiger partial charge in [-0.3, -0.25) is 0 Å². The Morgan fingerprint density at radius 3 is 2.48 bits per heavy atom. The number of hydrogen-bond acceptors (Lipinski definition) is 3. The highest BCUT2D eigenvalue weighted by atomic mass is 127. The molecule has 0 bridgehead atoms. The van der Waals surface area contributed by atoms with E-state index in [4.69, 9.17) is 4.42 Å². The van der Waals surface area contributed by atoms with E-state index in [2.05, 4.69) is 27.0 Å². The predicted molar refractivity (Wildman–Crippen MR) is 109 cm³/mol. The van der Waals surface area contributed by atoms with Crippen LogP contribution < -0.4 is 10.2 Å². The van der Waals surface area contributed by atoms with Crippen LogP contribution >= 0.6 is 24.0 Å². The fourth-order valence-corrected chi connectivity index (χ4v) is 2.81. The van der Waals surface area contributed by atoms with Gasteiger partial charge in [0, 0.05) is 38.4 Å². The largest absolute Gasteiger partial charge is 0.467 e. The van der Waals surface area contributed by atoms with E-state index >= 15 is 0 Å². The second-order valence-electron chi connectivity index (χ2n) is 5.70. The van der Waals surface area contributed by atoms with Gasteiger partial charge in [-0.1, -0.05) is 0 Å². The molecule has 0 aliphatic carbocycles. The minimum absolute atomic E-state index is 0. The van der Waals surface area contributed by atoms with Crippen molar-refractivity contribution in [1.29, 1.82) is 0 Å². The molecular formula is C18H24FIN4O. The second-order valence-corrected chi connectivity index (χ2v) is 5.70. The third-order valence-electron chi connectivity index (χ3n) is 4.07. The smallest absolute Gasteiger partial charge is 0.194 e. The Hall–Kier alpha value is -1.77. The molecule has 0 unspecified atom stereocenters. The lowest BCUT2D eigenvalue weighted by atomic mass is 10.2. The predicted octanol–water partition coefficient (Wildman–Crippen LogP) is 3.32. The molecule has 1 saturated heterocycles. The van der Waals surface area contributed by atoms with Gasteiger partial charge >= 0.3 is 0 Å². The maximum absolute atomic E-state index is 13.0. The normalized spacial score (nSPS) is 15.0. The lowest BCUT2D eigenvalue weighted by molar-refractivity contribution is 0.371. The molecule has 0 spiro atoms. The summed E-state index contributed by atoms with van der Waals surface area (Å²) in [6.45, 7) is 6.95. The Kier molecular flexibility index (Phi) is 7.54. The minimum atomic E-state index is -0.197. The molecule has 1 aliphatic heterocycles. The van der Waals surface area contributed by atoms with Crippen molar-refractivity contribution in [3.8, 4) is 0 Å². The molecule has 0 saturated carbocycles. The van der Waals surface area contributed by atoms with Crippen molar-refractivity contribution in [2.24, 2.45) is 4.99 Å². The average Bonchev–Trinajstić information content (AvgIpc) is 3.13. The molecule has 136 valence electrons. The maximum Gasteiger partial charge on any atom is 0.194 e. The van der Waals surface area contributed by atoms with Crippen LogP contribution in [0, 0.1) is 5.82 Å². The first-order chi connectivity index (χ1) is 11.8. The van der Waals surface area contributed by atoms with Crippen LogP contribution in [0.1, 0.15) is 12.7 Å². The summed E-state index contributed by atoms with van der Waals surface area (Å²) in [7, 11) is 0. The molecule has 2 heterocycles. The molecule has 1 aromatic heterocycles. The first kappa shape index (κ1) is 19.6. The van der Waals surface area contributed by atoms with Crippen molar-refractivity contribution < 1.29 is 8.81 Å². The third kappa shape index (κ3) is 5.35. The number of nitrogens with one attached hydrogen (secondary N) is 1. The first-order valence-corrected chi connectivity index (χ1v) is 8.32. The Morgan fingerprint density at radius 2 is 1.88 bits per heavy atom. The highest BCUT2D eigenvalue weighted by molar-refractivity contribution is 14.0.